The third-order valence-corrected chi connectivity index (χ3v) is 8.12. The van der Waals surface area contributed by atoms with Crippen LogP contribution in [0.5, 0.6) is 0 Å². The first-order chi connectivity index (χ1) is 19.9. The number of benzene rings is 2. The number of rotatable bonds is 6. The number of fused-ring (bicyclic) bond motifs is 1. The van der Waals surface area contributed by atoms with E-state index in [1.807, 2.05) is 60.7 Å². The van der Waals surface area contributed by atoms with Crippen LogP contribution >= 0.6 is 23.1 Å². The summed E-state index contributed by atoms with van der Waals surface area (Å²) in [5.41, 5.74) is 2.46. The van der Waals surface area contributed by atoms with Gasteiger partial charge in [0.15, 0.2) is 15.1 Å². The number of nitrogens with zero attached hydrogens (tertiary/aromatic N) is 3. The topological polar surface area (TPSA) is 122 Å². The highest BCUT2D eigenvalue weighted by Crippen LogP contribution is 2.31. The van der Waals surface area contributed by atoms with Gasteiger partial charge in [0.1, 0.15) is 5.76 Å². The van der Waals surface area contributed by atoms with Crippen LogP contribution < -0.4 is 25.8 Å². The Bertz CT molecular complexity index is 2040. The fourth-order valence-electron chi connectivity index (χ4n) is 4.57. The SMILES string of the molecule is CC1=C(C(=O)Nc2ccccc2)[C@H](c2ccccc2)n2c(s/c(=C/c3ccc(Sc4nc(C)cc(=O)[nH]4)o3)c2=O)=N1. The number of furan rings is 1. The van der Waals surface area contributed by atoms with Gasteiger partial charge in [-0.05, 0) is 55.4 Å². The highest BCUT2D eigenvalue weighted by molar-refractivity contribution is 7.99. The number of aryl methyl sites for hydroxylation is 1. The Morgan fingerprint density at radius 2 is 1.78 bits per heavy atom. The Hall–Kier alpha value is -4.74. The monoisotopic (exact) mass is 581 g/mol. The number of carbonyl (C=O) groups excluding carboxylic acids is 1. The molecule has 9 nitrogen and oxygen atoms in total. The molecule has 0 aliphatic carbocycles. The molecule has 0 fully saturated rings. The molecular formula is C30H23N5O4S2. The van der Waals surface area contributed by atoms with Gasteiger partial charge in [-0.15, -0.1) is 0 Å². The molecule has 1 amide bonds. The van der Waals surface area contributed by atoms with Crippen molar-refractivity contribution >= 4 is 40.8 Å². The van der Waals surface area contributed by atoms with Gasteiger partial charge in [0.25, 0.3) is 17.0 Å². The standard InChI is InChI=1S/C30H23N5O4S2/c1-17-15-23(36)34-29(31-17)41-24-14-13-21(39-24)16-22-28(38)35-26(19-9-5-3-6-10-19)25(18(2)32-30(35)40-22)27(37)33-20-11-7-4-8-12-20/h3-16,26H,1-2H3,(H,33,37)(H,31,34,36)/b22-16+/t26-/m0/s1. The van der Waals surface area contributed by atoms with E-state index >= 15 is 0 Å². The Balaban J connectivity index is 1.39. The Kier molecular flexibility index (Phi) is 7.12. The largest absolute Gasteiger partial charge is 0.450 e. The summed E-state index contributed by atoms with van der Waals surface area (Å²) in [6, 6.07) is 22.9. The number of aromatic amines is 1. The number of H-pyrrole nitrogens is 1. The van der Waals surface area contributed by atoms with Gasteiger partial charge in [-0.1, -0.05) is 59.9 Å². The molecule has 0 spiro atoms. The molecule has 1 atom stereocenters. The van der Waals surface area contributed by atoms with Crippen LogP contribution in [-0.4, -0.2) is 20.4 Å². The molecule has 11 heteroatoms. The number of nitrogens with one attached hydrogen (secondary N) is 2. The van der Waals surface area contributed by atoms with Crippen molar-refractivity contribution < 1.29 is 9.21 Å². The van der Waals surface area contributed by atoms with Gasteiger partial charge in [0.05, 0.1) is 21.8 Å². The molecule has 41 heavy (non-hydrogen) atoms. The van der Waals surface area contributed by atoms with E-state index in [1.54, 1.807) is 36.6 Å². The van der Waals surface area contributed by atoms with Crippen molar-refractivity contribution in [1.29, 1.82) is 0 Å². The van der Waals surface area contributed by atoms with Crippen molar-refractivity contribution in [2.24, 2.45) is 4.99 Å². The van der Waals surface area contributed by atoms with Gasteiger partial charge in [0.2, 0.25) is 0 Å². The molecule has 204 valence electrons. The van der Waals surface area contributed by atoms with Gasteiger partial charge < -0.3 is 14.7 Å². The van der Waals surface area contributed by atoms with Crippen LogP contribution in [0.15, 0.2) is 119 Å². The first kappa shape index (κ1) is 26.5. The number of hydrogen-bond donors (Lipinski definition) is 2. The maximum absolute atomic E-state index is 13.8. The summed E-state index contributed by atoms with van der Waals surface area (Å²) in [5, 5.41) is 3.87. The van der Waals surface area contributed by atoms with Crippen LogP contribution in [0.3, 0.4) is 0 Å². The van der Waals surface area contributed by atoms with Crippen LogP contribution in [0.1, 0.15) is 30.0 Å². The second kappa shape index (κ2) is 11.0. The molecular weight excluding hydrogens is 558 g/mol. The van der Waals surface area contributed by atoms with Crippen LogP contribution in [0, 0.1) is 6.92 Å². The van der Waals surface area contributed by atoms with Crippen molar-refractivity contribution in [3.05, 3.63) is 137 Å². The molecule has 3 aromatic heterocycles. The Morgan fingerprint density at radius 3 is 2.51 bits per heavy atom. The predicted octanol–water partition coefficient (Wildman–Crippen LogP) is 4.01. The van der Waals surface area contributed by atoms with Crippen LogP contribution in [-0.2, 0) is 4.79 Å². The summed E-state index contributed by atoms with van der Waals surface area (Å²) in [7, 11) is 0. The average molecular weight is 582 g/mol. The number of anilines is 1. The molecule has 0 radical (unpaired) electrons. The number of amides is 1. The zero-order valence-electron chi connectivity index (χ0n) is 22.0. The average Bonchev–Trinajstić information content (AvgIpc) is 3.51. The van der Waals surface area contributed by atoms with E-state index in [4.69, 9.17) is 4.42 Å². The van der Waals surface area contributed by atoms with E-state index in [0.29, 0.717) is 48.0 Å². The first-order valence-corrected chi connectivity index (χ1v) is 14.3. The van der Waals surface area contributed by atoms with E-state index in [0.717, 1.165) is 5.56 Å². The number of hydrogen-bond acceptors (Lipinski definition) is 8. The maximum atomic E-state index is 13.8. The molecule has 1 aliphatic rings. The number of thiazole rings is 1. The zero-order valence-corrected chi connectivity index (χ0v) is 23.6. The summed E-state index contributed by atoms with van der Waals surface area (Å²) < 4.78 is 7.90. The third kappa shape index (κ3) is 5.49. The Labute approximate surface area is 241 Å². The van der Waals surface area contributed by atoms with E-state index in [-0.39, 0.29) is 17.0 Å². The van der Waals surface area contributed by atoms with E-state index in [2.05, 4.69) is 20.3 Å². The number of aromatic nitrogens is 3. The lowest BCUT2D eigenvalue weighted by Crippen LogP contribution is -2.40. The van der Waals surface area contributed by atoms with Gasteiger partial charge >= 0.3 is 0 Å². The van der Waals surface area contributed by atoms with Crippen molar-refractivity contribution in [1.82, 2.24) is 14.5 Å². The number of para-hydroxylation sites is 1. The normalized spacial score (nSPS) is 15.0. The molecule has 0 saturated carbocycles. The summed E-state index contributed by atoms with van der Waals surface area (Å²) in [6.07, 6.45) is 1.66. The highest BCUT2D eigenvalue weighted by Gasteiger charge is 2.32. The summed E-state index contributed by atoms with van der Waals surface area (Å²) in [6.45, 7) is 3.53. The minimum absolute atomic E-state index is 0.243. The minimum Gasteiger partial charge on any atom is -0.450 e. The second-order valence-electron chi connectivity index (χ2n) is 9.26. The Morgan fingerprint density at radius 1 is 1.05 bits per heavy atom. The van der Waals surface area contributed by atoms with Gasteiger partial charge in [-0.2, -0.15) is 0 Å². The number of carbonyl (C=O) groups is 1. The van der Waals surface area contributed by atoms with E-state index in [9.17, 15) is 14.4 Å². The molecule has 5 aromatic rings. The summed E-state index contributed by atoms with van der Waals surface area (Å²) in [5.74, 6) is 0.137. The van der Waals surface area contributed by atoms with Crippen LogP contribution in [0.2, 0.25) is 0 Å². The van der Waals surface area contributed by atoms with Crippen LogP contribution in [0.4, 0.5) is 5.69 Å². The van der Waals surface area contributed by atoms with Gasteiger partial charge in [-0.3, -0.25) is 19.0 Å². The molecule has 0 unspecified atom stereocenters. The smallest absolute Gasteiger partial charge is 0.271 e. The molecule has 2 aromatic carbocycles. The highest BCUT2D eigenvalue weighted by atomic mass is 32.2. The van der Waals surface area contributed by atoms with Crippen LogP contribution in [0.25, 0.3) is 6.08 Å². The zero-order chi connectivity index (χ0) is 28.5. The lowest BCUT2D eigenvalue weighted by Gasteiger charge is -2.25. The summed E-state index contributed by atoms with van der Waals surface area (Å²) >= 11 is 2.41. The molecule has 1 aliphatic heterocycles. The summed E-state index contributed by atoms with van der Waals surface area (Å²) in [4.78, 5) is 51.3. The fraction of sp³-hybridized carbons (Fsp3) is 0.100. The van der Waals surface area contributed by atoms with E-state index in [1.165, 1.54) is 29.2 Å². The fourth-order valence-corrected chi connectivity index (χ4v) is 6.41. The third-order valence-electron chi connectivity index (χ3n) is 6.33. The quantitative estimate of drug-likeness (QED) is 0.292. The second-order valence-corrected chi connectivity index (χ2v) is 11.3. The van der Waals surface area contributed by atoms with Crippen molar-refractivity contribution in [2.75, 3.05) is 5.32 Å². The molecule has 4 heterocycles. The predicted molar refractivity (Wildman–Crippen MR) is 158 cm³/mol. The molecule has 0 bridgehead atoms. The molecule has 2 N–H and O–H groups in total. The first-order valence-electron chi connectivity index (χ1n) is 12.7. The molecule has 0 saturated heterocycles. The van der Waals surface area contributed by atoms with Crippen molar-refractivity contribution in [3.63, 3.8) is 0 Å². The lowest BCUT2D eigenvalue weighted by molar-refractivity contribution is -0.113. The maximum Gasteiger partial charge on any atom is 0.271 e. The molecule has 6 rings (SSSR count). The van der Waals surface area contributed by atoms with Crippen molar-refractivity contribution in [3.8, 4) is 0 Å². The van der Waals surface area contributed by atoms with Crippen molar-refractivity contribution in [2.45, 2.75) is 30.1 Å². The minimum atomic E-state index is -0.662. The van der Waals surface area contributed by atoms with Gasteiger partial charge in [-0.25, -0.2) is 9.98 Å². The number of allylic oxidation sites excluding steroid dienone is 1. The van der Waals surface area contributed by atoms with Gasteiger partial charge in [0, 0.05) is 23.5 Å². The van der Waals surface area contributed by atoms with E-state index < -0.39 is 6.04 Å². The lowest BCUT2D eigenvalue weighted by atomic mass is 9.95.